The third-order valence-electron chi connectivity index (χ3n) is 6.46. The molecule has 0 heterocycles. The fourth-order valence-corrected chi connectivity index (χ4v) is 2.99. The van der Waals surface area contributed by atoms with Crippen molar-refractivity contribution in [1.29, 1.82) is 0 Å². The Morgan fingerprint density at radius 1 is 0.457 bits per heavy atom. The fraction of sp³-hybridized carbons (Fsp3) is 0.609. The SMILES string of the molecule is C/C(=C\C(C)C)C(C)C.C/C=C(\C)C(C)C.C=C(C)C=C(C)C.C=CC(C)=C(C)C.CC(C)=CC(C)=C(C)C.CC(C)=CC(C)C. The van der Waals surface area contributed by atoms with Crippen molar-refractivity contribution in [3.63, 3.8) is 0 Å². The molecule has 0 amide bonds. The summed E-state index contributed by atoms with van der Waals surface area (Å²) in [5.74, 6) is 2.86. The zero-order valence-corrected chi connectivity index (χ0v) is 36.2. The van der Waals surface area contributed by atoms with Gasteiger partial charge in [-0.25, -0.2) is 0 Å². The quantitative estimate of drug-likeness (QED) is 0.192. The minimum absolute atomic E-state index is 0.701. The van der Waals surface area contributed by atoms with Gasteiger partial charge in [0.1, 0.15) is 0 Å². The van der Waals surface area contributed by atoms with Gasteiger partial charge in [0, 0.05) is 0 Å². The number of allylic oxidation sites excluding steroid dienone is 16. The molecule has 0 N–H and O–H groups in total. The van der Waals surface area contributed by atoms with E-state index in [1.807, 2.05) is 13.0 Å². The van der Waals surface area contributed by atoms with Gasteiger partial charge < -0.3 is 0 Å². The van der Waals surface area contributed by atoms with Crippen molar-refractivity contribution in [2.24, 2.45) is 23.7 Å². The highest BCUT2D eigenvalue weighted by Crippen LogP contribution is 2.11. The first-order valence-corrected chi connectivity index (χ1v) is 17.5. The maximum atomic E-state index is 3.72. The summed E-state index contributed by atoms with van der Waals surface area (Å²) in [4.78, 5) is 0. The lowest BCUT2D eigenvalue weighted by Gasteiger charge is -2.05. The Labute approximate surface area is 294 Å². The monoisotopic (exact) mass is 639 g/mol. The van der Waals surface area contributed by atoms with E-state index < -0.39 is 0 Å². The molecule has 0 unspecified atom stereocenters. The van der Waals surface area contributed by atoms with Crippen molar-refractivity contribution in [1.82, 2.24) is 0 Å². The zero-order valence-electron chi connectivity index (χ0n) is 36.2. The van der Waals surface area contributed by atoms with E-state index >= 15 is 0 Å². The lowest BCUT2D eigenvalue weighted by molar-refractivity contribution is 0.731. The number of hydrogen-bond acceptors (Lipinski definition) is 0. The van der Waals surface area contributed by atoms with Gasteiger partial charge in [-0.1, -0.05) is 161 Å². The van der Waals surface area contributed by atoms with E-state index in [9.17, 15) is 0 Å². The highest BCUT2D eigenvalue weighted by molar-refractivity contribution is 5.23. The van der Waals surface area contributed by atoms with E-state index in [4.69, 9.17) is 0 Å². The van der Waals surface area contributed by atoms with Gasteiger partial charge >= 0.3 is 0 Å². The summed E-state index contributed by atoms with van der Waals surface area (Å²) in [5, 5.41) is 0. The molecule has 0 spiro atoms. The third kappa shape index (κ3) is 60.8. The van der Waals surface area contributed by atoms with Crippen molar-refractivity contribution in [2.45, 2.75) is 166 Å². The lowest BCUT2D eigenvalue weighted by atomic mass is 10.0. The Balaban J connectivity index is -0.000000105. The van der Waals surface area contributed by atoms with Crippen LogP contribution in [0.2, 0.25) is 0 Å². The summed E-state index contributed by atoms with van der Waals surface area (Å²) in [6.07, 6.45) is 12.9. The smallest absolute Gasteiger partial charge is 0.0263 e. The van der Waals surface area contributed by atoms with Crippen LogP contribution in [-0.4, -0.2) is 0 Å². The Morgan fingerprint density at radius 2 is 0.804 bits per heavy atom. The standard InChI is InChI=1S/C9H18.C9H16.C7H14.C7H12.C7H14.C7H12/c2*1-7(2)6-9(5)8(3)4;2*1-6(2)5-7(3)4;2*1-5-7(4)6(2)3/h6-8H,1-5H3;6H,1-5H3;5-6H,1-4H3;5H,1H2,2-4H3;5-6H,1-4H3;5H,1H2,2-4H3/b9-6+;;;;7-5+;. The van der Waals surface area contributed by atoms with E-state index in [0.29, 0.717) is 17.8 Å². The van der Waals surface area contributed by atoms with Crippen LogP contribution >= 0.6 is 0 Å². The molecule has 0 radical (unpaired) electrons. The van der Waals surface area contributed by atoms with Crippen LogP contribution in [0, 0.1) is 23.7 Å². The molecule has 270 valence electrons. The van der Waals surface area contributed by atoms with Gasteiger partial charge in [0.25, 0.3) is 0 Å². The molecule has 46 heavy (non-hydrogen) atoms. The summed E-state index contributed by atoms with van der Waals surface area (Å²) in [5.41, 5.74) is 13.6. The molecule has 0 heteroatoms. The molecule has 0 aliphatic heterocycles. The second-order valence-electron chi connectivity index (χ2n) is 14.8. The summed E-state index contributed by atoms with van der Waals surface area (Å²) >= 11 is 0. The molecule has 0 rings (SSSR count). The largest absolute Gasteiger partial charge is 0.0988 e. The highest BCUT2D eigenvalue weighted by atomic mass is 14.0. The minimum Gasteiger partial charge on any atom is -0.0988 e. The topological polar surface area (TPSA) is 0 Å². The van der Waals surface area contributed by atoms with Crippen LogP contribution in [-0.2, 0) is 0 Å². The van der Waals surface area contributed by atoms with Crippen LogP contribution in [0.4, 0.5) is 0 Å². The molecular formula is C46H86. The second kappa shape index (κ2) is 35.5. The van der Waals surface area contributed by atoms with E-state index in [1.165, 1.54) is 50.2 Å². The lowest BCUT2D eigenvalue weighted by Crippen LogP contribution is -1.91. The Kier molecular flexibility index (Phi) is 43.3. The third-order valence-corrected chi connectivity index (χ3v) is 6.46. The summed E-state index contributed by atoms with van der Waals surface area (Å²) < 4.78 is 0. The van der Waals surface area contributed by atoms with Gasteiger partial charge in [0.05, 0.1) is 0 Å². The first-order valence-electron chi connectivity index (χ1n) is 17.5. The number of hydrogen-bond donors (Lipinski definition) is 0. The van der Waals surface area contributed by atoms with Crippen molar-refractivity contribution in [3.8, 4) is 0 Å². The molecule has 0 saturated carbocycles. The summed E-state index contributed by atoms with van der Waals surface area (Å²) in [6.45, 7) is 58.7. The van der Waals surface area contributed by atoms with Gasteiger partial charge in [-0.2, -0.15) is 0 Å². The molecule has 0 fully saturated rings. The van der Waals surface area contributed by atoms with Gasteiger partial charge in [-0.05, 0) is 134 Å². The molecule has 0 nitrogen and oxygen atoms in total. The van der Waals surface area contributed by atoms with Crippen molar-refractivity contribution < 1.29 is 0 Å². The first kappa shape index (κ1) is 56.0. The maximum absolute atomic E-state index is 3.72. The summed E-state index contributed by atoms with van der Waals surface area (Å²) in [7, 11) is 0. The van der Waals surface area contributed by atoms with E-state index in [-0.39, 0.29) is 0 Å². The van der Waals surface area contributed by atoms with E-state index in [0.717, 1.165) is 11.5 Å². The molecule has 0 aromatic rings. The molecule has 0 aliphatic rings. The van der Waals surface area contributed by atoms with Crippen LogP contribution in [0.5, 0.6) is 0 Å². The molecule has 0 atom stereocenters. The predicted octanol–water partition coefficient (Wildman–Crippen LogP) is 16.8. The van der Waals surface area contributed by atoms with Crippen molar-refractivity contribution >= 4 is 0 Å². The van der Waals surface area contributed by atoms with E-state index in [1.54, 1.807) is 0 Å². The Hall–Kier alpha value is -2.34. The molecule has 0 bridgehead atoms. The predicted molar refractivity (Wildman–Crippen MR) is 224 cm³/mol. The van der Waals surface area contributed by atoms with Crippen molar-refractivity contribution in [3.05, 3.63) is 105 Å². The molecule has 0 saturated heterocycles. The maximum Gasteiger partial charge on any atom is -0.0263 e. The Morgan fingerprint density at radius 3 is 0.848 bits per heavy atom. The van der Waals surface area contributed by atoms with Crippen LogP contribution in [0.1, 0.15) is 166 Å². The number of rotatable bonds is 7. The highest BCUT2D eigenvalue weighted by Gasteiger charge is 1.95. The van der Waals surface area contributed by atoms with Gasteiger partial charge in [-0.15, -0.1) is 0 Å². The second-order valence-corrected chi connectivity index (χ2v) is 14.8. The molecule has 0 aliphatic carbocycles. The van der Waals surface area contributed by atoms with Crippen LogP contribution in [0.3, 0.4) is 0 Å². The molecule has 0 aromatic carbocycles. The average Bonchev–Trinajstić information content (AvgIpc) is 2.86. The minimum atomic E-state index is 0.701. The molecule has 0 aromatic heterocycles. The van der Waals surface area contributed by atoms with Gasteiger partial charge in [0.15, 0.2) is 0 Å². The van der Waals surface area contributed by atoms with Crippen LogP contribution in [0.15, 0.2) is 105 Å². The van der Waals surface area contributed by atoms with Gasteiger partial charge in [-0.3, -0.25) is 0 Å². The first-order chi connectivity index (χ1) is 20.7. The van der Waals surface area contributed by atoms with Crippen LogP contribution in [0.25, 0.3) is 0 Å². The fourth-order valence-electron chi connectivity index (χ4n) is 2.99. The van der Waals surface area contributed by atoms with Gasteiger partial charge in [0.2, 0.25) is 0 Å². The van der Waals surface area contributed by atoms with Crippen LogP contribution < -0.4 is 0 Å². The summed E-state index contributed by atoms with van der Waals surface area (Å²) in [6, 6.07) is 0. The normalized spacial score (nSPS) is 10.1. The Bertz CT molecular complexity index is 978. The average molecular weight is 639 g/mol. The van der Waals surface area contributed by atoms with Crippen molar-refractivity contribution in [2.75, 3.05) is 0 Å². The zero-order chi connectivity index (χ0) is 38.3. The molecular weight excluding hydrogens is 553 g/mol. The van der Waals surface area contributed by atoms with E-state index in [2.05, 4.69) is 203 Å².